The summed E-state index contributed by atoms with van der Waals surface area (Å²) in [7, 11) is 0. The summed E-state index contributed by atoms with van der Waals surface area (Å²) in [6, 6.07) is 15.2. The molecule has 0 unspecified atom stereocenters. The number of nitrogens with zero attached hydrogens (tertiary/aromatic N) is 1. The van der Waals surface area contributed by atoms with E-state index in [1.807, 2.05) is 0 Å². The Morgan fingerprint density at radius 1 is 0.970 bits per heavy atom. The number of ether oxygens (including phenoxy) is 1. The largest absolute Gasteiger partial charge is 0.451 e. The summed E-state index contributed by atoms with van der Waals surface area (Å²) >= 11 is 17.4. The second-order valence-electron chi connectivity index (χ2n) is 7.18. The van der Waals surface area contributed by atoms with Gasteiger partial charge in [-0.1, -0.05) is 23.2 Å². The Morgan fingerprint density at radius 2 is 1.70 bits per heavy atom. The minimum absolute atomic E-state index is 0.0160. The zero-order valence-corrected chi connectivity index (χ0v) is 19.6. The Labute approximate surface area is 205 Å². The second-order valence-corrected chi connectivity index (χ2v) is 8.43. The lowest BCUT2D eigenvalue weighted by Crippen LogP contribution is -2.40. The predicted molar refractivity (Wildman–Crippen MR) is 131 cm³/mol. The van der Waals surface area contributed by atoms with E-state index in [2.05, 4.69) is 10.6 Å². The number of hydrogen-bond acceptors (Lipinski definition) is 5. The third kappa shape index (κ3) is 5.72. The summed E-state index contributed by atoms with van der Waals surface area (Å²) in [6.45, 7) is 2.07. The molecular weight excluding hydrogens is 485 g/mol. The first-order chi connectivity index (χ1) is 15.9. The van der Waals surface area contributed by atoms with E-state index in [0.717, 1.165) is 5.56 Å². The minimum Gasteiger partial charge on any atom is -0.451 e. The van der Waals surface area contributed by atoms with Crippen LogP contribution in [0.5, 0.6) is 0 Å². The summed E-state index contributed by atoms with van der Waals surface area (Å²) < 4.78 is 10.9. The number of thiocarbonyl (C=S) groups is 1. The number of hydrogen-bond donors (Lipinski definition) is 2. The van der Waals surface area contributed by atoms with Crippen molar-refractivity contribution in [2.24, 2.45) is 0 Å². The van der Waals surface area contributed by atoms with Crippen molar-refractivity contribution in [2.45, 2.75) is 0 Å². The number of furan rings is 1. The molecule has 0 saturated carbocycles. The molecule has 1 saturated heterocycles. The number of amides is 2. The van der Waals surface area contributed by atoms with Crippen LogP contribution in [0.2, 0.25) is 10.0 Å². The first kappa shape index (κ1) is 23.3. The molecule has 2 amide bonds. The van der Waals surface area contributed by atoms with Gasteiger partial charge in [0, 0.05) is 29.2 Å². The standard InChI is InChI=1S/C23H19Cl2N3O4S/c24-16-4-1-14(2-5-16)19-7-8-20(32-19)21(29)27-23(33)26-18-13-15(3-6-17(18)25)22(30)28-9-11-31-12-10-28/h1-8,13H,9-12H2,(H2,26,27,29,33). The van der Waals surface area contributed by atoms with Crippen molar-refractivity contribution >= 4 is 58.0 Å². The molecule has 0 bridgehead atoms. The highest BCUT2D eigenvalue weighted by atomic mass is 35.5. The van der Waals surface area contributed by atoms with Gasteiger partial charge in [0.2, 0.25) is 0 Å². The molecule has 2 heterocycles. The minimum atomic E-state index is -0.524. The van der Waals surface area contributed by atoms with Crippen molar-refractivity contribution in [3.8, 4) is 11.3 Å². The summed E-state index contributed by atoms with van der Waals surface area (Å²) in [5.74, 6) is -0.0397. The van der Waals surface area contributed by atoms with Gasteiger partial charge < -0.3 is 19.4 Å². The molecule has 10 heteroatoms. The SMILES string of the molecule is O=C(NC(=S)Nc1cc(C(=O)N2CCOCC2)ccc1Cl)c1ccc(-c2ccc(Cl)cc2)o1. The Kier molecular flexibility index (Phi) is 7.29. The summed E-state index contributed by atoms with van der Waals surface area (Å²) in [6.07, 6.45) is 0. The Hall–Kier alpha value is -2.91. The van der Waals surface area contributed by atoms with Crippen LogP contribution >= 0.6 is 35.4 Å². The zero-order valence-electron chi connectivity index (χ0n) is 17.3. The maximum Gasteiger partial charge on any atom is 0.293 e. The highest BCUT2D eigenvalue weighted by Gasteiger charge is 2.20. The highest BCUT2D eigenvalue weighted by molar-refractivity contribution is 7.80. The van der Waals surface area contributed by atoms with Crippen LogP contribution in [0.25, 0.3) is 11.3 Å². The molecule has 1 aliphatic heterocycles. The molecule has 0 radical (unpaired) electrons. The van der Waals surface area contributed by atoms with Crippen LogP contribution in [0.3, 0.4) is 0 Å². The van der Waals surface area contributed by atoms with Crippen LogP contribution in [-0.2, 0) is 4.74 Å². The average Bonchev–Trinajstić information content (AvgIpc) is 3.31. The number of rotatable bonds is 4. The molecule has 33 heavy (non-hydrogen) atoms. The topological polar surface area (TPSA) is 83.8 Å². The van der Waals surface area contributed by atoms with Gasteiger partial charge in [-0.25, -0.2) is 0 Å². The predicted octanol–water partition coefficient (Wildman–Crippen LogP) is 4.85. The number of carbonyl (C=O) groups is 2. The van der Waals surface area contributed by atoms with Crippen molar-refractivity contribution in [1.82, 2.24) is 10.2 Å². The number of carbonyl (C=O) groups excluding carboxylic acids is 2. The van der Waals surface area contributed by atoms with Crippen molar-refractivity contribution in [1.29, 1.82) is 0 Å². The molecular formula is C23H19Cl2N3O4S. The van der Waals surface area contributed by atoms with E-state index in [1.54, 1.807) is 59.5 Å². The van der Waals surface area contributed by atoms with E-state index in [1.165, 1.54) is 0 Å². The fourth-order valence-corrected chi connectivity index (χ4v) is 3.74. The monoisotopic (exact) mass is 503 g/mol. The first-order valence-corrected chi connectivity index (χ1v) is 11.2. The van der Waals surface area contributed by atoms with Crippen molar-refractivity contribution in [3.05, 3.63) is 76.0 Å². The zero-order chi connectivity index (χ0) is 23.4. The first-order valence-electron chi connectivity index (χ1n) is 10.1. The van der Waals surface area contributed by atoms with E-state index in [0.29, 0.717) is 53.4 Å². The normalized spacial score (nSPS) is 13.5. The van der Waals surface area contributed by atoms with Gasteiger partial charge in [0.1, 0.15) is 5.76 Å². The Morgan fingerprint density at radius 3 is 2.42 bits per heavy atom. The number of nitrogens with one attached hydrogen (secondary N) is 2. The molecule has 1 aromatic heterocycles. The van der Waals surface area contributed by atoms with Gasteiger partial charge in [0.15, 0.2) is 10.9 Å². The molecule has 2 aromatic carbocycles. The van der Waals surface area contributed by atoms with Gasteiger partial charge in [-0.3, -0.25) is 14.9 Å². The van der Waals surface area contributed by atoms with Crippen LogP contribution < -0.4 is 10.6 Å². The van der Waals surface area contributed by atoms with E-state index in [9.17, 15) is 9.59 Å². The van der Waals surface area contributed by atoms with Gasteiger partial charge >= 0.3 is 0 Å². The highest BCUT2D eigenvalue weighted by Crippen LogP contribution is 2.25. The second kappa shape index (κ2) is 10.4. The maximum absolute atomic E-state index is 12.7. The van der Waals surface area contributed by atoms with Gasteiger partial charge in [0.05, 0.1) is 23.9 Å². The fraction of sp³-hybridized carbons (Fsp3) is 0.174. The van der Waals surface area contributed by atoms with Crippen molar-refractivity contribution in [2.75, 3.05) is 31.6 Å². The summed E-state index contributed by atoms with van der Waals surface area (Å²) in [4.78, 5) is 27.0. The van der Waals surface area contributed by atoms with E-state index in [-0.39, 0.29) is 16.8 Å². The number of halogens is 2. The van der Waals surface area contributed by atoms with Gasteiger partial charge in [-0.15, -0.1) is 0 Å². The van der Waals surface area contributed by atoms with Crippen LogP contribution in [0.15, 0.2) is 59.0 Å². The third-order valence-corrected chi connectivity index (χ3v) is 5.73. The average molecular weight is 504 g/mol. The Balaban J connectivity index is 1.40. The molecule has 2 N–H and O–H groups in total. The van der Waals surface area contributed by atoms with Crippen LogP contribution in [0.1, 0.15) is 20.9 Å². The molecule has 7 nitrogen and oxygen atoms in total. The third-order valence-electron chi connectivity index (χ3n) is 4.95. The van der Waals surface area contributed by atoms with Gasteiger partial charge in [0.25, 0.3) is 11.8 Å². The lowest BCUT2D eigenvalue weighted by Gasteiger charge is -2.27. The van der Waals surface area contributed by atoms with E-state index in [4.69, 9.17) is 44.6 Å². The van der Waals surface area contributed by atoms with Crippen LogP contribution in [-0.4, -0.2) is 48.1 Å². The molecule has 3 aromatic rings. The molecule has 1 aliphatic rings. The molecule has 4 rings (SSSR count). The van der Waals surface area contributed by atoms with Gasteiger partial charge in [-0.2, -0.15) is 0 Å². The maximum atomic E-state index is 12.7. The molecule has 0 spiro atoms. The molecule has 0 aliphatic carbocycles. The number of anilines is 1. The number of benzene rings is 2. The van der Waals surface area contributed by atoms with E-state index < -0.39 is 5.91 Å². The summed E-state index contributed by atoms with van der Waals surface area (Å²) in [5.41, 5.74) is 1.65. The Bertz CT molecular complexity index is 1190. The smallest absolute Gasteiger partial charge is 0.293 e. The number of morpholine rings is 1. The fourth-order valence-electron chi connectivity index (χ4n) is 3.25. The lowest BCUT2D eigenvalue weighted by atomic mass is 10.1. The molecule has 1 fully saturated rings. The quantitative estimate of drug-likeness (QED) is 0.495. The van der Waals surface area contributed by atoms with Gasteiger partial charge in [-0.05, 0) is 66.8 Å². The van der Waals surface area contributed by atoms with E-state index >= 15 is 0 Å². The lowest BCUT2D eigenvalue weighted by molar-refractivity contribution is 0.0303. The van der Waals surface area contributed by atoms with Crippen LogP contribution in [0.4, 0.5) is 5.69 Å². The molecule has 170 valence electrons. The molecule has 0 atom stereocenters. The van der Waals surface area contributed by atoms with Crippen molar-refractivity contribution < 1.29 is 18.7 Å². The van der Waals surface area contributed by atoms with Crippen LogP contribution in [0, 0.1) is 0 Å². The van der Waals surface area contributed by atoms with Crippen molar-refractivity contribution in [3.63, 3.8) is 0 Å². The summed E-state index contributed by atoms with van der Waals surface area (Å²) in [5, 5.41) is 6.40.